The van der Waals surface area contributed by atoms with Gasteiger partial charge in [-0.3, -0.25) is 4.90 Å². The molecule has 0 radical (unpaired) electrons. The van der Waals surface area contributed by atoms with E-state index in [1.807, 2.05) is 18.4 Å². The largest absolute Gasteiger partial charge is 0.388 e. The second-order valence-corrected chi connectivity index (χ2v) is 7.29. The molecule has 1 heterocycles. The van der Waals surface area contributed by atoms with Gasteiger partial charge < -0.3 is 11.1 Å². The summed E-state index contributed by atoms with van der Waals surface area (Å²) in [4.78, 5) is 2.73. The minimum Gasteiger partial charge on any atom is -0.388 e. The first-order valence-electron chi connectivity index (χ1n) is 9.43. The molecule has 2 aromatic rings. The van der Waals surface area contributed by atoms with Crippen LogP contribution in [0.3, 0.4) is 0 Å². The van der Waals surface area contributed by atoms with Gasteiger partial charge in [0.1, 0.15) is 0 Å². The predicted octanol–water partition coefficient (Wildman–Crippen LogP) is 4.18. The number of hydrogen-bond acceptors (Lipinski definition) is 4. The molecule has 4 heteroatoms. The van der Waals surface area contributed by atoms with Crippen molar-refractivity contribution in [3.8, 4) is 0 Å². The Morgan fingerprint density at radius 3 is 2.76 bits per heavy atom. The third-order valence-electron chi connectivity index (χ3n) is 5.02. The lowest BCUT2D eigenvalue weighted by molar-refractivity contribution is 0.182. The Labute approximate surface area is 157 Å². The zero-order chi connectivity index (χ0) is 18.1. The van der Waals surface area contributed by atoms with Crippen molar-refractivity contribution in [2.75, 3.05) is 32.5 Å². The Morgan fingerprint density at radius 1 is 1.24 bits per heavy atom. The third kappa shape index (κ3) is 5.30. The molecule has 3 N–H and O–H groups in total. The molecule has 1 aromatic heterocycles. The van der Waals surface area contributed by atoms with Crippen LogP contribution in [0.4, 0.5) is 5.69 Å². The number of rotatable bonds is 7. The van der Waals surface area contributed by atoms with E-state index >= 15 is 0 Å². The number of fused-ring (bicyclic) bond motifs is 1. The van der Waals surface area contributed by atoms with Crippen molar-refractivity contribution in [2.24, 2.45) is 5.73 Å². The number of benzene rings is 1. The maximum Gasteiger partial charge on any atom is 0.0373 e. The van der Waals surface area contributed by atoms with Gasteiger partial charge >= 0.3 is 0 Å². The highest BCUT2D eigenvalue weighted by molar-refractivity contribution is 7.07. The van der Waals surface area contributed by atoms with Gasteiger partial charge in [0.25, 0.3) is 0 Å². The van der Waals surface area contributed by atoms with Crippen molar-refractivity contribution in [3.05, 3.63) is 51.7 Å². The van der Waals surface area contributed by atoms with Crippen molar-refractivity contribution in [1.82, 2.24) is 4.90 Å². The van der Waals surface area contributed by atoms with E-state index in [0.29, 0.717) is 6.04 Å². The standard InChI is InChI=1S/C20H28N2S.CH5N/c1-3-11-22(12-9-16-10-13-23-15-16)18-8-7-17-5-4-6-20(21-2)19(17)14-18;1-2/h4-6,10,13,15,18,21H,3,7-9,11-12,14H2,1-2H3;2H2,1H3. The summed E-state index contributed by atoms with van der Waals surface area (Å²) in [6, 6.07) is 9.67. The molecule has 0 saturated heterocycles. The molecule has 0 amide bonds. The molecular weight excluding hydrogens is 326 g/mol. The maximum absolute atomic E-state index is 4.50. The van der Waals surface area contributed by atoms with Crippen molar-refractivity contribution in [1.29, 1.82) is 0 Å². The van der Waals surface area contributed by atoms with Gasteiger partial charge in [-0.1, -0.05) is 19.1 Å². The molecule has 0 spiro atoms. The minimum atomic E-state index is 0.690. The van der Waals surface area contributed by atoms with Gasteiger partial charge in [0, 0.05) is 25.3 Å². The number of anilines is 1. The van der Waals surface area contributed by atoms with Crippen LogP contribution in [-0.4, -0.2) is 38.1 Å². The SMILES string of the molecule is CCCN(CCc1ccsc1)C1CCc2cccc(NC)c2C1.CN. The van der Waals surface area contributed by atoms with Crippen LogP contribution in [0.15, 0.2) is 35.0 Å². The predicted molar refractivity (Wildman–Crippen MR) is 112 cm³/mol. The fourth-order valence-corrected chi connectivity index (χ4v) is 4.49. The molecule has 0 saturated carbocycles. The van der Waals surface area contributed by atoms with E-state index in [2.05, 4.69) is 57.9 Å². The summed E-state index contributed by atoms with van der Waals surface area (Å²) in [5.74, 6) is 0. The lowest BCUT2D eigenvalue weighted by Crippen LogP contribution is -2.41. The van der Waals surface area contributed by atoms with Crippen LogP contribution in [-0.2, 0) is 19.3 Å². The van der Waals surface area contributed by atoms with E-state index in [1.54, 1.807) is 11.1 Å². The molecule has 138 valence electrons. The topological polar surface area (TPSA) is 41.3 Å². The first-order chi connectivity index (χ1) is 12.3. The van der Waals surface area contributed by atoms with Crippen LogP contribution < -0.4 is 11.1 Å². The lowest BCUT2D eigenvalue weighted by Gasteiger charge is -2.36. The molecule has 1 atom stereocenters. The number of hydrogen-bond donors (Lipinski definition) is 2. The maximum atomic E-state index is 4.50. The summed E-state index contributed by atoms with van der Waals surface area (Å²) in [6.45, 7) is 4.70. The Morgan fingerprint density at radius 2 is 2.08 bits per heavy atom. The molecule has 3 rings (SSSR count). The average Bonchev–Trinajstić information content (AvgIpc) is 3.19. The smallest absolute Gasteiger partial charge is 0.0373 e. The van der Waals surface area contributed by atoms with Crippen LogP contribution in [0.5, 0.6) is 0 Å². The summed E-state index contributed by atoms with van der Waals surface area (Å²) in [6.07, 6.45) is 6.12. The van der Waals surface area contributed by atoms with Crippen LogP contribution in [0, 0.1) is 0 Å². The fraction of sp³-hybridized carbons (Fsp3) is 0.524. The van der Waals surface area contributed by atoms with E-state index in [9.17, 15) is 0 Å². The molecular formula is C21H33N3S. The number of nitrogens with two attached hydrogens (primary N) is 1. The van der Waals surface area contributed by atoms with Gasteiger partial charge in [-0.15, -0.1) is 0 Å². The lowest BCUT2D eigenvalue weighted by atomic mass is 9.86. The van der Waals surface area contributed by atoms with Crippen LogP contribution in [0.25, 0.3) is 0 Å². The minimum absolute atomic E-state index is 0.690. The quantitative estimate of drug-likeness (QED) is 0.779. The molecule has 3 nitrogen and oxygen atoms in total. The summed E-state index contributed by atoms with van der Waals surface area (Å²) in [7, 11) is 3.54. The molecule has 1 unspecified atom stereocenters. The molecule has 0 bridgehead atoms. The number of nitrogens with one attached hydrogen (secondary N) is 1. The van der Waals surface area contributed by atoms with Crippen LogP contribution in [0.1, 0.15) is 36.5 Å². The van der Waals surface area contributed by atoms with E-state index in [-0.39, 0.29) is 0 Å². The van der Waals surface area contributed by atoms with Crippen molar-refractivity contribution in [3.63, 3.8) is 0 Å². The highest BCUT2D eigenvalue weighted by atomic mass is 32.1. The molecule has 0 aliphatic heterocycles. The molecule has 0 fully saturated rings. The van der Waals surface area contributed by atoms with E-state index in [4.69, 9.17) is 0 Å². The zero-order valence-corrected chi connectivity index (χ0v) is 16.7. The Bertz CT molecular complexity index is 595. The number of aryl methyl sites for hydroxylation is 1. The summed E-state index contributed by atoms with van der Waals surface area (Å²) < 4.78 is 0. The van der Waals surface area contributed by atoms with Gasteiger partial charge in [0.2, 0.25) is 0 Å². The van der Waals surface area contributed by atoms with Gasteiger partial charge in [0.15, 0.2) is 0 Å². The van der Waals surface area contributed by atoms with Crippen LogP contribution >= 0.6 is 11.3 Å². The van der Waals surface area contributed by atoms with E-state index in [1.165, 1.54) is 63.5 Å². The first kappa shape index (κ1) is 20.0. The van der Waals surface area contributed by atoms with Gasteiger partial charge in [-0.05, 0) is 85.3 Å². The highest BCUT2D eigenvalue weighted by Crippen LogP contribution is 2.30. The van der Waals surface area contributed by atoms with Crippen molar-refractivity contribution >= 4 is 17.0 Å². The molecule has 1 aliphatic rings. The van der Waals surface area contributed by atoms with Gasteiger partial charge in [0.05, 0.1) is 0 Å². The molecule has 1 aliphatic carbocycles. The first-order valence-corrected chi connectivity index (χ1v) is 10.4. The molecule has 25 heavy (non-hydrogen) atoms. The Balaban J connectivity index is 0.00000109. The van der Waals surface area contributed by atoms with Crippen molar-refractivity contribution in [2.45, 2.75) is 45.1 Å². The fourth-order valence-electron chi connectivity index (χ4n) is 3.79. The monoisotopic (exact) mass is 359 g/mol. The second kappa shape index (κ2) is 10.6. The Kier molecular flexibility index (Phi) is 8.45. The second-order valence-electron chi connectivity index (χ2n) is 6.51. The number of thiophene rings is 1. The normalized spacial score (nSPS) is 16.1. The number of nitrogens with zero attached hydrogens (tertiary/aromatic N) is 1. The van der Waals surface area contributed by atoms with Crippen LogP contribution in [0.2, 0.25) is 0 Å². The van der Waals surface area contributed by atoms with Crippen molar-refractivity contribution < 1.29 is 0 Å². The van der Waals surface area contributed by atoms with Gasteiger partial charge in [-0.2, -0.15) is 11.3 Å². The van der Waals surface area contributed by atoms with E-state index in [0.717, 1.165) is 0 Å². The zero-order valence-electron chi connectivity index (χ0n) is 15.9. The highest BCUT2D eigenvalue weighted by Gasteiger charge is 2.25. The van der Waals surface area contributed by atoms with Gasteiger partial charge in [-0.25, -0.2) is 0 Å². The summed E-state index contributed by atoms with van der Waals surface area (Å²) in [5.41, 5.74) is 10.4. The third-order valence-corrected chi connectivity index (χ3v) is 5.76. The Hall–Kier alpha value is -1.36. The molecule has 1 aromatic carbocycles. The average molecular weight is 360 g/mol. The summed E-state index contributed by atoms with van der Waals surface area (Å²) >= 11 is 1.81. The van der Waals surface area contributed by atoms with E-state index < -0.39 is 0 Å². The summed E-state index contributed by atoms with van der Waals surface area (Å²) in [5, 5.41) is 7.86.